The summed E-state index contributed by atoms with van der Waals surface area (Å²) >= 11 is 9.69. The van der Waals surface area contributed by atoms with Gasteiger partial charge in [-0.25, -0.2) is 9.67 Å². The van der Waals surface area contributed by atoms with Crippen LogP contribution in [0.5, 0.6) is 0 Å². The zero-order valence-electron chi connectivity index (χ0n) is 15.0. The van der Waals surface area contributed by atoms with Crippen LogP contribution in [0, 0.1) is 6.92 Å². The van der Waals surface area contributed by atoms with Crippen molar-refractivity contribution < 1.29 is 0 Å². The van der Waals surface area contributed by atoms with Gasteiger partial charge in [-0.05, 0) is 30.7 Å². The van der Waals surface area contributed by atoms with Gasteiger partial charge in [0.25, 0.3) is 5.56 Å². The summed E-state index contributed by atoms with van der Waals surface area (Å²) in [7, 11) is 0. The van der Waals surface area contributed by atoms with E-state index in [1.54, 1.807) is 15.4 Å². The zero-order chi connectivity index (χ0) is 19.7. The average Bonchev–Trinajstić information content (AvgIpc) is 3.07. The molecule has 0 bridgehead atoms. The first-order valence-electron chi connectivity index (χ1n) is 8.65. The van der Waals surface area contributed by atoms with Gasteiger partial charge in [-0.2, -0.15) is 5.10 Å². The van der Waals surface area contributed by atoms with E-state index in [1.165, 1.54) is 0 Å². The van der Waals surface area contributed by atoms with E-state index in [9.17, 15) is 4.79 Å². The van der Waals surface area contributed by atoms with Crippen LogP contribution in [-0.2, 0) is 6.54 Å². The molecule has 28 heavy (non-hydrogen) atoms. The summed E-state index contributed by atoms with van der Waals surface area (Å²) in [4.78, 5) is 17.4. The highest BCUT2D eigenvalue weighted by molar-refractivity contribution is 9.10. The van der Waals surface area contributed by atoms with Crippen molar-refractivity contribution in [2.75, 3.05) is 0 Å². The Balaban J connectivity index is 1.84. The van der Waals surface area contributed by atoms with Crippen LogP contribution in [0.4, 0.5) is 0 Å². The van der Waals surface area contributed by atoms with Gasteiger partial charge in [0.15, 0.2) is 0 Å². The second-order valence-electron chi connectivity index (χ2n) is 6.40. The van der Waals surface area contributed by atoms with Gasteiger partial charge in [0, 0.05) is 16.2 Å². The molecule has 0 aliphatic heterocycles. The predicted molar refractivity (Wildman–Crippen MR) is 114 cm³/mol. The van der Waals surface area contributed by atoms with E-state index in [0.717, 1.165) is 27.0 Å². The van der Waals surface area contributed by atoms with Crippen molar-refractivity contribution in [2.24, 2.45) is 0 Å². The van der Waals surface area contributed by atoms with Crippen LogP contribution in [0.2, 0.25) is 5.15 Å². The molecule has 2 aromatic carbocycles. The number of halogens is 2. The Kier molecular flexibility index (Phi) is 5.15. The predicted octanol–water partition coefficient (Wildman–Crippen LogP) is 4.87. The number of aryl methyl sites for hydroxylation is 1. The SMILES string of the molecule is Cc1cc(-c2ccc(Br)cc2)n(-c2nc(Cl)cn(Cc3ccccc3)c2=O)n1. The van der Waals surface area contributed by atoms with Crippen LogP contribution in [0.15, 0.2) is 76.1 Å². The Morgan fingerprint density at radius 1 is 1.07 bits per heavy atom. The number of benzene rings is 2. The van der Waals surface area contributed by atoms with Crippen LogP contribution in [0.25, 0.3) is 17.1 Å². The van der Waals surface area contributed by atoms with Crippen molar-refractivity contribution in [3.63, 3.8) is 0 Å². The van der Waals surface area contributed by atoms with Gasteiger partial charge in [0.2, 0.25) is 5.82 Å². The lowest BCUT2D eigenvalue weighted by Crippen LogP contribution is -2.27. The van der Waals surface area contributed by atoms with E-state index < -0.39 is 0 Å². The Morgan fingerprint density at radius 2 is 1.79 bits per heavy atom. The molecule has 2 aromatic heterocycles. The molecule has 0 spiro atoms. The molecule has 0 radical (unpaired) electrons. The Labute approximate surface area is 175 Å². The molecule has 0 fully saturated rings. The fourth-order valence-corrected chi connectivity index (χ4v) is 3.48. The molecule has 4 rings (SSSR count). The van der Waals surface area contributed by atoms with Crippen LogP contribution < -0.4 is 5.56 Å². The summed E-state index contributed by atoms with van der Waals surface area (Å²) in [6, 6.07) is 19.5. The summed E-state index contributed by atoms with van der Waals surface area (Å²) < 4.78 is 4.10. The molecule has 0 saturated carbocycles. The molecule has 140 valence electrons. The first kappa shape index (κ1) is 18.7. The first-order valence-corrected chi connectivity index (χ1v) is 9.82. The maximum atomic E-state index is 13.1. The highest BCUT2D eigenvalue weighted by atomic mass is 79.9. The molecule has 5 nitrogen and oxygen atoms in total. The normalized spacial score (nSPS) is 11.0. The van der Waals surface area contributed by atoms with Crippen LogP contribution in [0.1, 0.15) is 11.3 Å². The Morgan fingerprint density at radius 3 is 2.50 bits per heavy atom. The topological polar surface area (TPSA) is 52.7 Å². The second-order valence-corrected chi connectivity index (χ2v) is 7.70. The lowest BCUT2D eigenvalue weighted by molar-refractivity contribution is 0.715. The maximum absolute atomic E-state index is 13.1. The number of rotatable bonds is 4. The minimum atomic E-state index is -0.255. The fraction of sp³-hybridized carbons (Fsp3) is 0.0952. The first-order chi connectivity index (χ1) is 13.5. The third-order valence-electron chi connectivity index (χ3n) is 4.30. The van der Waals surface area contributed by atoms with Crippen molar-refractivity contribution in [3.8, 4) is 17.1 Å². The largest absolute Gasteiger partial charge is 0.305 e. The molecule has 0 aliphatic rings. The number of hydrogen-bond donors (Lipinski definition) is 0. The lowest BCUT2D eigenvalue weighted by Gasteiger charge is -2.11. The zero-order valence-corrected chi connectivity index (χ0v) is 17.4. The van der Waals surface area contributed by atoms with Gasteiger partial charge in [0.05, 0.1) is 17.9 Å². The summed E-state index contributed by atoms with van der Waals surface area (Å²) in [5.41, 5.74) is 3.24. The van der Waals surface area contributed by atoms with Gasteiger partial charge in [0.1, 0.15) is 5.15 Å². The van der Waals surface area contributed by atoms with Crippen LogP contribution >= 0.6 is 27.5 Å². The smallest absolute Gasteiger partial charge is 0.296 e. The van der Waals surface area contributed by atoms with E-state index >= 15 is 0 Å². The lowest BCUT2D eigenvalue weighted by atomic mass is 10.1. The molecule has 0 N–H and O–H groups in total. The van der Waals surface area contributed by atoms with E-state index in [-0.39, 0.29) is 16.5 Å². The van der Waals surface area contributed by atoms with Gasteiger partial charge >= 0.3 is 0 Å². The van der Waals surface area contributed by atoms with Gasteiger partial charge in [-0.3, -0.25) is 4.79 Å². The molecule has 0 amide bonds. The maximum Gasteiger partial charge on any atom is 0.296 e. The van der Waals surface area contributed by atoms with Crippen molar-refractivity contribution in [1.29, 1.82) is 0 Å². The summed E-state index contributed by atoms with van der Waals surface area (Å²) in [6.45, 7) is 2.29. The highest BCUT2D eigenvalue weighted by Gasteiger charge is 2.17. The molecular weight excluding hydrogens is 440 g/mol. The average molecular weight is 456 g/mol. The standard InChI is InChI=1S/C21H16BrClN4O/c1-14-11-18(16-7-9-17(22)10-8-16)27(25-14)20-21(28)26(13-19(23)24-20)12-15-5-3-2-4-6-15/h2-11,13H,12H2,1H3. The molecule has 0 aliphatic carbocycles. The summed E-state index contributed by atoms with van der Waals surface area (Å²) in [5, 5.41) is 4.74. The third-order valence-corrected chi connectivity index (χ3v) is 5.01. The Bertz CT molecular complexity index is 1180. The third kappa shape index (κ3) is 3.79. The van der Waals surface area contributed by atoms with Gasteiger partial charge in [-0.1, -0.05) is 70.0 Å². The van der Waals surface area contributed by atoms with E-state index in [1.807, 2.05) is 67.6 Å². The summed E-state index contributed by atoms with van der Waals surface area (Å²) in [6.07, 6.45) is 1.55. The van der Waals surface area contributed by atoms with Crippen LogP contribution in [-0.4, -0.2) is 19.3 Å². The number of hydrogen-bond acceptors (Lipinski definition) is 3. The van der Waals surface area contributed by atoms with Gasteiger partial charge < -0.3 is 4.57 Å². The van der Waals surface area contributed by atoms with Crippen molar-refractivity contribution in [2.45, 2.75) is 13.5 Å². The van der Waals surface area contributed by atoms with Crippen molar-refractivity contribution in [1.82, 2.24) is 19.3 Å². The van der Waals surface area contributed by atoms with Gasteiger partial charge in [-0.15, -0.1) is 0 Å². The molecule has 0 atom stereocenters. The van der Waals surface area contributed by atoms with Crippen LogP contribution in [0.3, 0.4) is 0 Å². The molecule has 2 heterocycles. The number of nitrogens with zero attached hydrogens (tertiary/aromatic N) is 4. The van der Waals surface area contributed by atoms with Crippen molar-refractivity contribution in [3.05, 3.63) is 98.1 Å². The van der Waals surface area contributed by atoms with E-state index in [2.05, 4.69) is 26.0 Å². The molecule has 0 unspecified atom stereocenters. The Hall–Kier alpha value is -2.70. The minimum absolute atomic E-state index is 0.175. The fourth-order valence-electron chi connectivity index (χ4n) is 3.02. The molecular formula is C21H16BrClN4O. The highest BCUT2D eigenvalue weighted by Crippen LogP contribution is 2.24. The molecule has 4 aromatic rings. The van der Waals surface area contributed by atoms with E-state index in [4.69, 9.17) is 11.6 Å². The number of aromatic nitrogens is 4. The summed E-state index contributed by atoms with van der Waals surface area (Å²) in [5.74, 6) is 0.175. The van der Waals surface area contributed by atoms with E-state index in [0.29, 0.717) is 6.54 Å². The quantitative estimate of drug-likeness (QED) is 0.441. The monoisotopic (exact) mass is 454 g/mol. The molecule has 0 saturated heterocycles. The second kappa shape index (κ2) is 7.73. The minimum Gasteiger partial charge on any atom is -0.305 e. The molecule has 7 heteroatoms. The van der Waals surface area contributed by atoms with Crippen molar-refractivity contribution >= 4 is 27.5 Å².